The fourth-order valence-corrected chi connectivity index (χ4v) is 3.72. The Morgan fingerprint density at radius 3 is 2.89 bits per heavy atom. The van der Waals surface area contributed by atoms with Gasteiger partial charge in [0.15, 0.2) is 0 Å². The number of carbonyl (C=O) groups excluding carboxylic acids is 1. The van der Waals surface area contributed by atoms with Crippen molar-refractivity contribution in [2.45, 2.75) is 24.2 Å². The minimum atomic E-state index is 0.143. The highest BCUT2D eigenvalue weighted by Crippen LogP contribution is 2.35. The molecule has 1 fully saturated rings. The summed E-state index contributed by atoms with van der Waals surface area (Å²) in [5.41, 5.74) is 1.10. The molecule has 2 aliphatic rings. The zero-order valence-electron chi connectivity index (χ0n) is 11.0. The molecule has 1 aromatic carbocycles. The number of benzene rings is 1. The highest BCUT2D eigenvalue weighted by molar-refractivity contribution is 7.99. The second-order valence-electron chi connectivity index (χ2n) is 5.05. The monoisotopic (exact) mass is 277 g/mol. The largest absolute Gasteiger partial charge is 0.381 e. The van der Waals surface area contributed by atoms with E-state index in [0.29, 0.717) is 5.91 Å². The van der Waals surface area contributed by atoms with Gasteiger partial charge >= 0.3 is 0 Å². The second-order valence-corrected chi connectivity index (χ2v) is 6.18. The number of thioether (sulfide) groups is 1. The highest BCUT2D eigenvalue weighted by Gasteiger charge is 2.29. The van der Waals surface area contributed by atoms with E-state index in [1.165, 1.54) is 4.90 Å². The average Bonchev–Trinajstić information content (AvgIpc) is 2.70. The van der Waals surface area contributed by atoms with Crippen molar-refractivity contribution in [3.05, 3.63) is 24.3 Å². The van der Waals surface area contributed by atoms with Gasteiger partial charge in [0.05, 0.1) is 5.69 Å². The maximum atomic E-state index is 12.7. The van der Waals surface area contributed by atoms with Crippen molar-refractivity contribution in [1.29, 1.82) is 0 Å². The lowest BCUT2D eigenvalue weighted by Crippen LogP contribution is -2.39. The Morgan fingerprint density at radius 1 is 1.26 bits per heavy atom. The van der Waals surface area contributed by atoms with E-state index in [1.807, 2.05) is 28.8 Å². The molecule has 102 valence electrons. The Morgan fingerprint density at radius 2 is 2.05 bits per heavy atom. The van der Waals surface area contributed by atoms with Crippen LogP contribution in [0.15, 0.2) is 29.2 Å². The van der Waals surface area contributed by atoms with Crippen LogP contribution in [0.2, 0.25) is 0 Å². The third-order valence-corrected chi connectivity index (χ3v) is 4.93. The molecule has 3 nitrogen and oxygen atoms in total. The van der Waals surface area contributed by atoms with Gasteiger partial charge in [-0.25, -0.2) is 0 Å². The minimum Gasteiger partial charge on any atom is -0.381 e. The molecule has 0 bridgehead atoms. The fourth-order valence-electron chi connectivity index (χ4n) is 2.72. The first-order chi connectivity index (χ1) is 9.36. The summed E-state index contributed by atoms with van der Waals surface area (Å²) in [6, 6.07) is 8.27. The van der Waals surface area contributed by atoms with Crippen LogP contribution in [-0.4, -0.2) is 31.4 Å². The number of amides is 1. The molecule has 0 N–H and O–H groups in total. The molecule has 0 aromatic heterocycles. The van der Waals surface area contributed by atoms with E-state index < -0.39 is 0 Å². The van der Waals surface area contributed by atoms with Crippen molar-refractivity contribution in [3.8, 4) is 0 Å². The van der Waals surface area contributed by atoms with Crippen molar-refractivity contribution in [3.63, 3.8) is 0 Å². The molecule has 2 heterocycles. The standard InChI is InChI=1S/C15H19NO2S/c17-15(12-6-9-18-10-7-12)16-8-3-11-19-14-5-2-1-4-13(14)16/h1-2,4-5,12H,3,6-11H2. The summed E-state index contributed by atoms with van der Waals surface area (Å²) in [6.45, 7) is 2.29. The average molecular weight is 277 g/mol. The van der Waals surface area contributed by atoms with Crippen molar-refractivity contribution >= 4 is 23.4 Å². The van der Waals surface area contributed by atoms with Gasteiger partial charge in [0.1, 0.15) is 0 Å². The van der Waals surface area contributed by atoms with Gasteiger partial charge < -0.3 is 9.64 Å². The third-order valence-electron chi connectivity index (χ3n) is 3.78. The lowest BCUT2D eigenvalue weighted by Gasteiger charge is -2.29. The predicted octanol–water partition coefficient (Wildman–Crippen LogP) is 2.94. The summed E-state index contributed by atoms with van der Waals surface area (Å²) in [4.78, 5) is 16.0. The summed E-state index contributed by atoms with van der Waals surface area (Å²) in [5, 5.41) is 0. The first-order valence-corrected chi connectivity index (χ1v) is 7.96. The molecular weight excluding hydrogens is 258 g/mol. The van der Waals surface area contributed by atoms with Crippen LogP contribution in [0, 0.1) is 5.92 Å². The Balaban J connectivity index is 1.84. The predicted molar refractivity (Wildman–Crippen MR) is 77.7 cm³/mol. The van der Waals surface area contributed by atoms with E-state index in [1.54, 1.807) is 0 Å². The van der Waals surface area contributed by atoms with Gasteiger partial charge in [-0.15, -0.1) is 11.8 Å². The highest BCUT2D eigenvalue weighted by atomic mass is 32.2. The topological polar surface area (TPSA) is 29.5 Å². The number of hydrogen-bond donors (Lipinski definition) is 0. The summed E-state index contributed by atoms with van der Waals surface area (Å²) in [5.74, 6) is 1.53. The van der Waals surface area contributed by atoms with Crippen LogP contribution >= 0.6 is 11.8 Å². The lowest BCUT2D eigenvalue weighted by atomic mass is 9.98. The number of nitrogens with zero attached hydrogens (tertiary/aromatic N) is 1. The second kappa shape index (κ2) is 5.97. The first-order valence-electron chi connectivity index (χ1n) is 6.97. The van der Waals surface area contributed by atoms with Crippen molar-refractivity contribution in [1.82, 2.24) is 0 Å². The number of ether oxygens (including phenoxy) is 1. The molecule has 0 atom stereocenters. The van der Waals surface area contributed by atoms with Crippen molar-refractivity contribution in [2.24, 2.45) is 5.92 Å². The molecule has 1 aromatic rings. The fraction of sp³-hybridized carbons (Fsp3) is 0.533. The Labute approximate surface area is 118 Å². The molecule has 3 rings (SSSR count). The molecule has 0 radical (unpaired) electrons. The van der Waals surface area contributed by atoms with Gasteiger partial charge in [-0.1, -0.05) is 12.1 Å². The zero-order chi connectivity index (χ0) is 13.1. The van der Waals surface area contributed by atoms with Gasteiger partial charge in [-0.3, -0.25) is 4.79 Å². The summed E-state index contributed by atoms with van der Waals surface area (Å²) in [7, 11) is 0. The van der Waals surface area contributed by atoms with Crippen LogP contribution in [0.5, 0.6) is 0 Å². The summed E-state index contributed by atoms with van der Waals surface area (Å²) >= 11 is 1.86. The molecule has 1 saturated heterocycles. The number of hydrogen-bond acceptors (Lipinski definition) is 3. The smallest absolute Gasteiger partial charge is 0.230 e. The van der Waals surface area contributed by atoms with Crippen molar-refractivity contribution in [2.75, 3.05) is 30.4 Å². The van der Waals surface area contributed by atoms with E-state index >= 15 is 0 Å². The van der Waals surface area contributed by atoms with Gasteiger partial charge in [-0.05, 0) is 37.1 Å². The maximum Gasteiger partial charge on any atom is 0.230 e. The molecule has 2 aliphatic heterocycles. The van der Waals surface area contributed by atoms with Gasteiger partial charge in [0.25, 0.3) is 0 Å². The summed E-state index contributed by atoms with van der Waals surface area (Å²) < 4.78 is 5.36. The molecule has 0 spiro atoms. The van der Waals surface area contributed by atoms with Gasteiger partial charge in [0, 0.05) is 30.6 Å². The third kappa shape index (κ3) is 2.79. The van der Waals surface area contributed by atoms with E-state index in [-0.39, 0.29) is 5.92 Å². The molecule has 0 aliphatic carbocycles. The van der Waals surface area contributed by atoms with E-state index in [4.69, 9.17) is 4.74 Å². The quantitative estimate of drug-likeness (QED) is 0.790. The SMILES string of the molecule is O=C(C1CCOCC1)N1CCCSc2ccccc21. The van der Waals surface area contributed by atoms with Crippen LogP contribution in [0.25, 0.3) is 0 Å². The van der Waals surface area contributed by atoms with Crippen molar-refractivity contribution < 1.29 is 9.53 Å². The molecule has 19 heavy (non-hydrogen) atoms. The number of carbonyl (C=O) groups is 1. The maximum absolute atomic E-state index is 12.7. The number of rotatable bonds is 1. The normalized spacial score (nSPS) is 20.7. The molecule has 4 heteroatoms. The number of para-hydroxylation sites is 1. The van der Waals surface area contributed by atoms with Crippen LogP contribution in [0.1, 0.15) is 19.3 Å². The molecule has 0 saturated carbocycles. The Hall–Kier alpha value is -1.00. The van der Waals surface area contributed by atoms with Crippen LogP contribution in [0.4, 0.5) is 5.69 Å². The minimum absolute atomic E-state index is 0.143. The van der Waals surface area contributed by atoms with Gasteiger partial charge in [0.2, 0.25) is 5.91 Å². The first kappa shape index (κ1) is 13.0. The number of fused-ring (bicyclic) bond motifs is 1. The Kier molecular flexibility index (Phi) is 4.09. The summed E-state index contributed by atoms with van der Waals surface area (Å²) in [6.07, 6.45) is 2.80. The van der Waals surface area contributed by atoms with E-state index in [0.717, 1.165) is 50.5 Å². The molecular formula is C15H19NO2S. The van der Waals surface area contributed by atoms with E-state index in [2.05, 4.69) is 12.1 Å². The molecule has 0 unspecified atom stereocenters. The van der Waals surface area contributed by atoms with Crippen LogP contribution in [0.3, 0.4) is 0 Å². The van der Waals surface area contributed by atoms with Crippen LogP contribution < -0.4 is 4.90 Å². The van der Waals surface area contributed by atoms with Crippen LogP contribution in [-0.2, 0) is 9.53 Å². The molecule has 1 amide bonds. The van der Waals surface area contributed by atoms with E-state index in [9.17, 15) is 4.79 Å². The lowest BCUT2D eigenvalue weighted by molar-refractivity contribution is -0.125. The van der Waals surface area contributed by atoms with Gasteiger partial charge in [-0.2, -0.15) is 0 Å². The number of anilines is 1. The zero-order valence-corrected chi connectivity index (χ0v) is 11.8. The Bertz CT molecular complexity index is 457.